The molecule has 1 amide bonds. The molecular weight excluding hydrogens is 230 g/mol. The molecule has 1 fully saturated rings. The van der Waals surface area contributed by atoms with Gasteiger partial charge in [-0.05, 0) is 39.0 Å². The number of likely N-dealkylation sites (tertiary alicyclic amines) is 1. The Bertz CT molecular complexity index is 325. The zero-order chi connectivity index (χ0) is 13.9. The largest absolute Gasteiger partial charge is 0.481 e. The van der Waals surface area contributed by atoms with Crippen molar-refractivity contribution in [3.05, 3.63) is 0 Å². The van der Waals surface area contributed by atoms with Crippen LogP contribution in [-0.2, 0) is 9.59 Å². The van der Waals surface area contributed by atoms with E-state index in [0.29, 0.717) is 6.54 Å². The Morgan fingerprint density at radius 1 is 1.44 bits per heavy atom. The molecule has 4 heteroatoms. The topological polar surface area (TPSA) is 57.6 Å². The number of carbonyl (C=O) groups excluding carboxylic acids is 1. The van der Waals surface area contributed by atoms with Crippen LogP contribution in [0.1, 0.15) is 47.0 Å². The molecule has 0 aromatic heterocycles. The Kier molecular flexibility index (Phi) is 4.77. The number of carboxylic acid groups (broad SMARTS) is 1. The first-order valence-corrected chi connectivity index (χ1v) is 6.82. The molecule has 0 aliphatic carbocycles. The van der Waals surface area contributed by atoms with Gasteiger partial charge in [0, 0.05) is 19.0 Å². The monoisotopic (exact) mass is 255 g/mol. The Labute approximate surface area is 109 Å². The van der Waals surface area contributed by atoms with Gasteiger partial charge in [0.2, 0.25) is 5.91 Å². The van der Waals surface area contributed by atoms with E-state index in [4.69, 9.17) is 0 Å². The van der Waals surface area contributed by atoms with Crippen LogP contribution in [0, 0.1) is 17.3 Å². The third-order valence-corrected chi connectivity index (χ3v) is 4.34. The minimum Gasteiger partial charge on any atom is -0.481 e. The van der Waals surface area contributed by atoms with Gasteiger partial charge in [-0.3, -0.25) is 9.59 Å². The highest BCUT2D eigenvalue weighted by atomic mass is 16.4. The van der Waals surface area contributed by atoms with Crippen LogP contribution in [0.2, 0.25) is 0 Å². The molecule has 1 saturated heterocycles. The van der Waals surface area contributed by atoms with Crippen LogP contribution in [0.5, 0.6) is 0 Å². The van der Waals surface area contributed by atoms with Crippen molar-refractivity contribution in [1.82, 2.24) is 4.90 Å². The minimum absolute atomic E-state index is 0.0386. The fraction of sp³-hybridized carbons (Fsp3) is 0.857. The van der Waals surface area contributed by atoms with Gasteiger partial charge in [0.05, 0.1) is 5.41 Å². The van der Waals surface area contributed by atoms with E-state index in [1.807, 2.05) is 18.7 Å². The fourth-order valence-electron chi connectivity index (χ4n) is 2.43. The number of carbonyl (C=O) groups is 2. The summed E-state index contributed by atoms with van der Waals surface area (Å²) in [5, 5.41) is 9.27. The highest BCUT2D eigenvalue weighted by molar-refractivity contribution is 5.79. The zero-order valence-corrected chi connectivity index (χ0v) is 11.9. The molecule has 0 aromatic carbocycles. The smallest absolute Gasteiger partial charge is 0.309 e. The van der Waals surface area contributed by atoms with E-state index in [1.54, 1.807) is 13.8 Å². The molecule has 2 unspecified atom stereocenters. The Morgan fingerprint density at radius 3 is 2.56 bits per heavy atom. The SMILES string of the molecule is CCC(C)C(=O)N1CCCC(C(C)(C)C(=O)O)C1. The molecule has 1 aliphatic rings. The van der Waals surface area contributed by atoms with Crippen molar-refractivity contribution < 1.29 is 14.7 Å². The van der Waals surface area contributed by atoms with Gasteiger partial charge in [0.15, 0.2) is 0 Å². The van der Waals surface area contributed by atoms with Crippen molar-refractivity contribution in [1.29, 1.82) is 0 Å². The lowest BCUT2D eigenvalue weighted by molar-refractivity contribution is -0.153. The highest BCUT2D eigenvalue weighted by Gasteiger charge is 2.40. The summed E-state index contributed by atoms with van der Waals surface area (Å²) in [6, 6.07) is 0. The third kappa shape index (κ3) is 3.03. The number of rotatable bonds is 4. The number of nitrogens with zero attached hydrogens (tertiary/aromatic N) is 1. The minimum atomic E-state index is -0.773. The lowest BCUT2D eigenvalue weighted by atomic mass is 9.74. The zero-order valence-electron chi connectivity index (χ0n) is 11.9. The maximum Gasteiger partial charge on any atom is 0.309 e. The standard InChI is InChI=1S/C14H25NO3/c1-5-10(2)12(16)15-8-6-7-11(9-15)14(3,4)13(17)18/h10-11H,5-9H2,1-4H3,(H,17,18). The van der Waals surface area contributed by atoms with E-state index in [0.717, 1.165) is 25.8 Å². The van der Waals surface area contributed by atoms with E-state index < -0.39 is 11.4 Å². The summed E-state index contributed by atoms with van der Waals surface area (Å²) >= 11 is 0. The van der Waals surface area contributed by atoms with Gasteiger partial charge in [0.1, 0.15) is 0 Å². The number of piperidine rings is 1. The molecular formula is C14H25NO3. The Balaban J connectivity index is 2.73. The molecule has 0 saturated carbocycles. The van der Waals surface area contributed by atoms with Crippen LogP contribution in [0.25, 0.3) is 0 Å². The maximum absolute atomic E-state index is 12.1. The maximum atomic E-state index is 12.1. The van der Waals surface area contributed by atoms with Crippen molar-refractivity contribution in [2.75, 3.05) is 13.1 Å². The van der Waals surface area contributed by atoms with Crippen LogP contribution < -0.4 is 0 Å². The van der Waals surface area contributed by atoms with E-state index in [9.17, 15) is 14.7 Å². The highest BCUT2D eigenvalue weighted by Crippen LogP contribution is 2.34. The lowest BCUT2D eigenvalue weighted by Gasteiger charge is -2.40. The van der Waals surface area contributed by atoms with Gasteiger partial charge >= 0.3 is 5.97 Å². The van der Waals surface area contributed by atoms with Gasteiger partial charge < -0.3 is 10.0 Å². The van der Waals surface area contributed by atoms with Crippen molar-refractivity contribution in [3.63, 3.8) is 0 Å². The Hall–Kier alpha value is -1.06. The molecule has 0 radical (unpaired) electrons. The molecule has 1 heterocycles. The molecule has 0 spiro atoms. The second kappa shape index (κ2) is 5.72. The fourth-order valence-corrected chi connectivity index (χ4v) is 2.43. The average Bonchev–Trinajstić information content (AvgIpc) is 2.36. The van der Waals surface area contributed by atoms with Crippen LogP contribution >= 0.6 is 0 Å². The van der Waals surface area contributed by atoms with Gasteiger partial charge in [-0.2, -0.15) is 0 Å². The number of carboxylic acids is 1. The van der Waals surface area contributed by atoms with Gasteiger partial charge in [-0.25, -0.2) is 0 Å². The van der Waals surface area contributed by atoms with Crippen LogP contribution in [0.4, 0.5) is 0 Å². The second-order valence-corrected chi connectivity index (χ2v) is 5.96. The van der Waals surface area contributed by atoms with E-state index >= 15 is 0 Å². The molecule has 1 rings (SSSR count). The predicted octanol–water partition coefficient (Wildman–Crippen LogP) is 2.38. The number of amides is 1. The summed E-state index contributed by atoms with van der Waals surface area (Å²) in [7, 11) is 0. The average molecular weight is 255 g/mol. The molecule has 104 valence electrons. The van der Waals surface area contributed by atoms with Gasteiger partial charge in [-0.1, -0.05) is 13.8 Å². The molecule has 18 heavy (non-hydrogen) atoms. The summed E-state index contributed by atoms with van der Waals surface area (Å²) < 4.78 is 0. The summed E-state index contributed by atoms with van der Waals surface area (Å²) in [4.78, 5) is 25.3. The van der Waals surface area contributed by atoms with Gasteiger partial charge in [0.25, 0.3) is 0 Å². The van der Waals surface area contributed by atoms with E-state index in [2.05, 4.69) is 0 Å². The molecule has 1 N–H and O–H groups in total. The predicted molar refractivity (Wildman–Crippen MR) is 70.2 cm³/mol. The first-order chi connectivity index (χ1) is 8.30. The van der Waals surface area contributed by atoms with Crippen molar-refractivity contribution in [3.8, 4) is 0 Å². The number of aliphatic carboxylic acids is 1. The molecule has 1 aliphatic heterocycles. The van der Waals surface area contributed by atoms with E-state index in [1.165, 1.54) is 0 Å². The summed E-state index contributed by atoms with van der Waals surface area (Å²) in [6.07, 6.45) is 2.63. The van der Waals surface area contributed by atoms with Gasteiger partial charge in [-0.15, -0.1) is 0 Å². The normalized spacial score (nSPS) is 22.7. The van der Waals surface area contributed by atoms with Crippen LogP contribution in [-0.4, -0.2) is 35.0 Å². The Morgan fingerprint density at radius 2 is 2.06 bits per heavy atom. The molecule has 0 aromatic rings. The van der Waals surface area contributed by atoms with Crippen molar-refractivity contribution in [2.24, 2.45) is 17.3 Å². The number of hydrogen-bond donors (Lipinski definition) is 1. The van der Waals surface area contributed by atoms with Crippen molar-refractivity contribution in [2.45, 2.75) is 47.0 Å². The first-order valence-electron chi connectivity index (χ1n) is 6.82. The molecule has 2 atom stereocenters. The molecule has 4 nitrogen and oxygen atoms in total. The summed E-state index contributed by atoms with van der Waals surface area (Å²) in [5.74, 6) is -0.512. The summed E-state index contributed by atoms with van der Waals surface area (Å²) in [6.45, 7) is 8.83. The van der Waals surface area contributed by atoms with Crippen molar-refractivity contribution >= 4 is 11.9 Å². The third-order valence-electron chi connectivity index (χ3n) is 4.34. The quantitative estimate of drug-likeness (QED) is 0.839. The van der Waals surface area contributed by atoms with Crippen LogP contribution in [0.15, 0.2) is 0 Å². The van der Waals surface area contributed by atoms with Crippen LogP contribution in [0.3, 0.4) is 0 Å². The summed E-state index contributed by atoms with van der Waals surface area (Å²) in [5.41, 5.74) is -0.756. The molecule has 0 bridgehead atoms. The lowest BCUT2D eigenvalue weighted by Crippen LogP contribution is -2.48. The van der Waals surface area contributed by atoms with E-state index in [-0.39, 0.29) is 17.7 Å². The second-order valence-electron chi connectivity index (χ2n) is 5.96. The number of hydrogen-bond acceptors (Lipinski definition) is 2. The first kappa shape index (κ1) is 15.0.